The molecule has 1 aromatic rings. The summed E-state index contributed by atoms with van der Waals surface area (Å²) in [7, 11) is 3.86. The van der Waals surface area contributed by atoms with Gasteiger partial charge in [-0.2, -0.15) is 0 Å². The van der Waals surface area contributed by atoms with Gasteiger partial charge in [0.15, 0.2) is 0 Å². The van der Waals surface area contributed by atoms with Crippen LogP contribution < -0.4 is 0 Å². The third-order valence-corrected chi connectivity index (χ3v) is 5.24. The van der Waals surface area contributed by atoms with Gasteiger partial charge < -0.3 is 19.3 Å². The van der Waals surface area contributed by atoms with Gasteiger partial charge in [0.25, 0.3) is 5.91 Å². The lowest BCUT2D eigenvalue weighted by atomic mass is 9.86. The topological polar surface area (TPSA) is 54.9 Å². The summed E-state index contributed by atoms with van der Waals surface area (Å²) in [5.74, 6) is 0.538. The van der Waals surface area contributed by atoms with E-state index >= 15 is 0 Å². The molecule has 25 heavy (non-hydrogen) atoms. The summed E-state index contributed by atoms with van der Waals surface area (Å²) in [5.41, 5.74) is 0.350. The molecule has 2 saturated heterocycles. The van der Waals surface area contributed by atoms with Gasteiger partial charge in [0.05, 0.1) is 25.4 Å². The van der Waals surface area contributed by atoms with E-state index in [0.717, 1.165) is 52.1 Å². The zero-order valence-electron chi connectivity index (χ0n) is 15.3. The highest BCUT2D eigenvalue weighted by atomic mass is 16.5. The predicted octanol–water partition coefficient (Wildman–Crippen LogP) is 1.67. The molecular weight excluding hydrogens is 318 g/mol. The Kier molecular flexibility index (Phi) is 6.04. The van der Waals surface area contributed by atoms with E-state index in [2.05, 4.69) is 16.9 Å². The van der Waals surface area contributed by atoms with Crippen LogP contribution in [0, 0.1) is 5.92 Å². The Labute approximate surface area is 150 Å². The number of carbonyl (C=O) groups excluding carboxylic acids is 1. The highest BCUT2D eigenvalue weighted by molar-refractivity contribution is 5.92. The fraction of sp³-hybridized carbons (Fsp3) is 0.684. The summed E-state index contributed by atoms with van der Waals surface area (Å²) < 4.78 is 11.4. The van der Waals surface area contributed by atoms with Crippen LogP contribution >= 0.6 is 0 Å². The largest absolute Gasteiger partial charge is 0.383 e. The second-order valence-corrected chi connectivity index (χ2v) is 7.36. The maximum atomic E-state index is 12.7. The van der Waals surface area contributed by atoms with Gasteiger partial charge in [-0.05, 0) is 44.4 Å². The van der Waals surface area contributed by atoms with E-state index in [1.807, 2.05) is 17.0 Å². The third-order valence-electron chi connectivity index (χ3n) is 5.24. The zero-order valence-corrected chi connectivity index (χ0v) is 15.3. The van der Waals surface area contributed by atoms with Crippen LogP contribution in [-0.2, 0) is 9.47 Å². The Morgan fingerprint density at radius 2 is 2.40 bits per heavy atom. The predicted molar refractivity (Wildman–Crippen MR) is 95.5 cm³/mol. The molecule has 2 unspecified atom stereocenters. The van der Waals surface area contributed by atoms with Crippen LogP contribution in [-0.4, -0.2) is 79.8 Å². The SMILES string of the molecule is COCCN(C)CC1COC2(CCCN(C(=O)c3ccccn3)C2)C1. The maximum Gasteiger partial charge on any atom is 0.272 e. The second-order valence-electron chi connectivity index (χ2n) is 7.36. The first-order chi connectivity index (χ1) is 12.1. The van der Waals surface area contributed by atoms with Gasteiger partial charge in [-0.3, -0.25) is 9.78 Å². The van der Waals surface area contributed by atoms with Crippen LogP contribution in [0.4, 0.5) is 0 Å². The number of piperidine rings is 1. The van der Waals surface area contributed by atoms with E-state index in [1.165, 1.54) is 0 Å². The van der Waals surface area contributed by atoms with Gasteiger partial charge in [0.1, 0.15) is 5.69 Å². The van der Waals surface area contributed by atoms with E-state index in [0.29, 0.717) is 18.2 Å². The molecule has 2 fully saturated rings. The first-order valence-corrected chi connectivity index (χ1v) is 9.14. The molecule has 0 bridgehead atoms. The normalized spacial score (nSPS) is 26.5. The molecule has 3 heterocycles. The molecule has 0 saturated carbocycles. The maximum absolute atomic E-state index is 12.7. The van der Waals surface area contributed by atoms with E-state index < -0.39 is 0 Å². The Balaban J connectivity index is 1.57. The summed E-state index contributed by atoms with van der Waals surface area (Å²) in [5, 5.41) is 0. The number of nitrogens with zero attached hydrogens (tertiary/aromatic N) is 3. The number of ether oxygens (including phenoxy) is 2. The number of carbonyl (C=O) groups is 1. The Hall–Kier alpha value is -1.50. The highest BCUT2D eigenvalue weighted by Gasteiger charge is 2.44. The lowest BCUT2D eigenvalue weighted by Crippen LogP contribution is -2.50. The Morgan fingerprint density at radius 3 is 3.16 bits per heavy atom. The van der Waals surface area contributed by atoms with Gasteiger partial charge in [-0.25, -0.2) is 0 Å². The lowest BCUT2D eigenvalue weighted by Gasteiger charge is -2.39. The minimum atomic E-state index is -0.171. The van der Waals surface area contributed by atoms with Crippen molar-refractivity contribution in [1.29, 1.82) is 0 Å². The molecule has 1 amide bonds. The van der Waals surface area contributed by atoms with Crippen molar-refractivity contribution in [3.05, 3.63) is 30.1 Å². The molecule has 2 aliphatic rings. The van der Waals surface area contributed by atoms with E-state index in [9.17, 15) is 4.79 Å². The first kappa shape index (κ1) is 18.3. The van der Waals surface area contributed by atoms with Crippen LogP contribution in [0.3, 0.4) is 0 Å². The molecule has 0 N–H and O–H groups in total. The van der Waals surface area contributed by atoms with E-state index in [4.69, 9.17) is 9.47 Å². The van der Waals surface area contributed by atoms with E-state index in [-0.39, 0.29) is 11.5 Å². The van der Waals surface area contributed by atoms with Gasteiger partial charge in [0, 0.05) is 32.9 Å². The van der Waals surface area contributed by atoms with Gasteiger partial charge in [-0.15, -0.1) is 0 Å². The molecule has 0 aliphatic carbocycles. The number of rotatable bonds is 6. The molecule has 1 spiro atoms. The quantitative estimate of drug-likeness (QED) is 0.784. The van der Waals surface area contributed by atoms with Gasteiger partial charge >= 0.3 is 0 Å². The number of likely N-dealkylation sites (tertiary alicyclic amines) is 1. The lowest BCUT2D eigenvalue weighted by molar-refractivity contribution is -0.0451. The molecule has 6 nitrogen and oxygen atoms in total. The standard InChI is InChI=1S/C19H29N3O3/c1-21(10-11-24-2)13-16-12-19(25-14-16)7-5-9-22(15-19)18(23)17-6-3-4-8-20-17/h3-4,6,8,16H,5,7,9-15H2,1-2H3. The van der Waals surface area contributed by atoms with Crippen molar-refractivity contribution in [2.24, 2.45) is 5.92 Å². The summed E-state index contributed by atoms with van der Waals surface area (Å²) >= 11 is 0. The van der Waals surface area contributed by atoms with Gasteiger partial charge in [-0.1, -0.05) is 6.07 Å². The fourth-order valence-corrected chi connectivity index (χ4v) is 4.04. The highest BCUT2D eigenvalue weighted by Crippen LogP contribution is 2.38. The molecule has 3 rings (SSSR count). The number of methoxy groups -OCH3 is 1. The van der Waals surface area contributed by atoms with Crippen LogP contribution in [0.2, 0.25) is 0 Å². The number of pyridine rings is 1. The Bertz CT molecular complexity index is 568. The van der Waals surface area contributed by atoms with Crippen molar-refractivity contribution in [3.63, 3.8) is 0 Å². The zero-order chi connectivity index (χ0) is 17.7. The summed E-state index contributed by atoms with van der Waals surface area (Å²) in [4.78, 5) is 21.1. The molecule has 0 aromatic carbocycles. The summed E-state index contributed by atoms with van der Waals surface area (Å²) in [6.07, 6.45) is 4.73. The summed E-state index contributed by atoms with van der Waals surface area (Å²) in [6, 6.07) is 5.48. The minimum Gasteiger partial charge on any atom is -0.383 e. The van der Waals surface area contributed by atoms with Crippen LogP contribution in [0.25, 0.3) is 0 Å². The van der Waals surface area contributed by atoms with Crippen molar-refractivity contribution in [2.75, 3.05) is 53.6 Å². The Morgan fingerprint density at radius 1 is 1.52 bits per heavy atom. The smallest absolute Gasteiger partial charge is 0.272 e. The first-order valence-electron chi connectivity index (χ1n) is 9.14. The molecule has 6 heteroatoms. The average molecular weight is 347 g/mol. The number of aromatic nitrogens is 1. The van der Waals surface area contributed by atoms with Crippen molar-refractivity contribution in [2.45, 2.75) is 24.9 Å². The average Bonchev–Trinajstić information content (AvgIpc) is 3.01. The molecular formula is C19H29N3O3. The molecule has 1 aromatic heterocycles. The summed E-state index contributed by atoms with van der Waals surface area (Å²) in [6.45, 7) is 4.95. The number of hydrogen-bond donors (Lipinski definition) is 0. The van der Waals surface area contributed by atoms with Crippen LogP contribution in [0.15, 0.2) is 24.4 Å². The van der Waals surface area contributed by atoms with Crippen LogP contribution in [0.5, 0.6) is 0 Å². The van der Waals surface area contributed by atoms with Gasteiger partial charge in [0.2, 0.25) is 0 Å². The molecule has 0 radical (unpaired) electrons. The fourth-order valence-electron chi connectivity index (χ4n) is 4.04. The third kappa shape index (κ3) is 4.57. The molecule has 2 aliphatic heterocycles. The molecule has 2 atom stereocenters. The minimum absolute atomic E-state index is 0.0175. The van der Waals surface area contributed by atoms with Crippen molar-refractivity contribution in [3.8, 4) is 0 Å². The molecule has 138 valence electrons. The van der Waals surface area contributed by atoms with Crippen molar-refractivity contribution in [1.82, 2.24) is 14.8 Å². The number of hydrogen-bond acceptors (Lipinski definition) is 5. The van der Waals surface area contributed by atoms with Crippen molar-refractivity contribution < 1.29 is 14.3 Å². The monoisotopic (exact) mass is 347 g/mol. The second kappa shape index (κ2) is 8.25. The number of likely N-dealkylation sites (N-methyl/N-ethyl adjacent to an activating group) is 1. The van der Waals surface area contributed by atoms with Crippen LogP contribution in [0.1, 0.15) is 29.8 Å². The van der Waals surface area contributed by atoms with Crippen molar-refractivity contribution >= 4 is 5.91 Å². The van der Waals surface area contributed by atoms with E-state index in [1.54, 1.807) is 19.4 Å². The number of amides is 1.